The molecule has 0 bridgehead atoms. The fourth-order valence-electron chi connectivity index (χ4n) is 2.31. The second-order valence-electron chi connectivity index (χ2n) is 4.26. The van der Waals surface area contributed by atoms with Gasteiger partial charge in [0.05, 0.1) is 16.8 Å². The largest absolute Gasteiger partial charge is 0.397 e. The number of nitrogens with zero attached hydrogens (tertiary/aromatic N) is 1. The molecule has 0 unspecified atom stereocenters. The predicted molar refractivity (Wildman–Crippen MR) is 68.9 cm³/mol. The molecule has 3 rings (SSSR count). The number of nitrogen functional groups attached to an aromatic ring is 1. The molecule has 90 valence electrons. The van der Waals surface area contributed by atoms with Crippen LogP contribution >= 0.6 is 0 Å². The highest BCUT2D eigenvalue weighted by atomic mass is 16.1. The lowest BCUT2D eigenvalue weighted by Gasteiger charge is -2.19. The number of benzene rings is 2. The van der Waals surface area contributed by atoms with E-state index in [1.807, 2.05) is 6.07 Å². The van der Waals surface area contributed by atoms with Gasteiger partial charge in [-0.3, -0.25) is 9.59 Å². The van der Waals surface area contributed by atoms with Crippen molar-refractivity contribution < 1.29 is 9.59 Å². The lowest BCUT2D eigenvalue weighted by atomic mass is 9.82. The number of fused-ring (bicyclic) bond motifs is 2. The SMILES string of the molecule is N#Cc1ccc2c(c1N)C(=O)c1ccccc1C2=O. The molecule has 2 N–H and O–H groups in total. The van der Waals surface area contributed by atoms with Gasteiger partial charge >= 0.3 is 0 Å². The van der Waals surface area contributed by atoms with Crippen molar-refractivity contribution in [2.45, 2.75) is 0 Å². The van der Waals surface area contributed by atoms with Crippen molar-refractivity contribution in [3.63, 3.8) is 0 Å². The van der Waals surface area contributed by atoms with Crippen LogP contribution < -0.4 is 5.73 Å². The maximum Gasteiger partial charge on any atom is 0.196 e. The van der Waals surface area contributed by atoms with E-state index in [4.69, 9.17) is 11.0 Å². The lowest BCUT2D eigenvalue weighted by Crippen LogP contribution is -2.22. The van der Waals surface area contributed by atoms with Gasteiger partial charge < -0.3 is 5.73 Å². The fraction of sp³-hybridized carbons (Fsp3) is 0. The molecule has 4 nitrogen and oxygen atoms in total. The van der Waals surface area contributed by atoms with E-state index in [2.05, 4.69) is 0 Å². The summed E-state index contributed by atoms with van der Waals surface area (Å²) in [4.78, 5) is 24.7. The van der Waals surface area contributed by atoms with Crippen LogP contribution in [-0.2, 0) is 0 Å². The molecule has 1 aliphatic carbocycles. The second-order valence-corrected chi connectivity index (χ2v) is 4.26. The van der Waals surface area contributed by atoms with Crippen molar-refractivity contribution in [1.82, 2.24) is 0 Å². The van der Waals surface area contributed by atoms with Gasteiger partial charge in [-0.25, -0.2) is 0 Å². The monoisotopic (exact) mass is 248 g/mol. The Balaban J connectivity index is 2.37. The van der Waals surface area contributed by atoms with Crippen molar-refractivity contribution in [1.29, 1.82) is 5.26 Å². The molecule has 19 heavy (non-hydrogen) atoms. The van der Waals surface area contributed by atoms with Crippen molar-refractivity contribution >= 4 is 17.3 Å². The van der Waals surface area contributed by atoms with E-state index >= 15 is 0 Å². The topological polar surface area (TPSA) is 83.9 Å². The fourth-order valence-corrected chi connectivity index (χ4v) is 2.31. The third-order valence-electron chi connectivity index (χ3n) is 3.25. The summed E-state index contributed by atoms with van der Waals surface area (Å²) in [5, 5.41) is 8.94. The molecule has 0 atom stereocenters. The first kappa shape index (κ1) is 11.2. The molecule has 2 aromatic rings. The number of carbonyl (C=O) groups excluding carboxylic acids is 2. The summed E-state index contributed by atoms with van der Waals surface area (Å²) in [6, 6.07) is 11.5. The molecule has 4 heteroatoms. The highest BCUT2D eigenvalue weighted by molar-refractivity contribution is 6.30. The Morgan fingerprint density at radius 3 is 2.16 bits per heavy atom. The molecule has 1 aliphatic rings. The number of ketones is 2. The van der Waals surface area contributed by atoms with Gasteiger partial charge in [0.2, 0.25) is 0 Å². The maximum absolute atomic E-state index is 12.4. The minimum absolute atomic E-state index is 0.0767. The Morgan fingerprint density at radius 2 is 1.53 bits per heavy atom. The number of rotatable bonds is 0. The standard InChI is InChI=1S/C15H8N2O2/c16-7-8-5-6-11-12(13(8)17)15(19)10-4-2-1-3-9(10)14(11)18/h1-6H,17H2. The molecule has 0 spiro atoms. The summed E-state index contributed by atoms with van der Waals surface area (Å²) in [6.45, 7) is 0. The first-order valence-corrected chi connectivity index (χ1v) is 5.66. The molecule has 0 saturated heterocycles. The normalized spacial score (nSPS) is 12.6. The lowest BCUT2D eigenvalue weighted by molar-refractivity contribution is 0.0979. The van der Waals surface area contributed by atoms with Crippen LogP contribution in [0, 0.1) is 11.3 Å². The van der Waals surface area contributed by atoms with Gasteiger partial charge in [0, 0.05) is 16.7 Å². The zero-order chi connectivity index (χ0) is 13.6. The first-order valence-electron chi connectivity index (χ1n) is 5.66. The van der Waals surface area contributed by atoms with Crippen molar-refractivity contribution in [2.24, 2.45) is 0 Å². The highest BCUT2D eigenvalue weighted by Gasteiger charge is 2.31. The Hall–Kier alpha value is -2.93. The molecule has 0 heterocycles. The summed E-state index contributed by atoms with van der Waals surface area (Å²) in [6.07, 6.45) is 0. The van der Waals surface area contributed by atoms with E-state index < -0.39 is 0 Å². The minimum atomic E-state index is -0.306. The zero-order valence-corrected chi connectivity index (χ0v) is 9.81. The van der Waals surface area contributed by atoms with Crippen LogP contribution in [0.15, 0.2) is 36.4 Å². The van der Waals surface area contributed by atoms with Crippen molar-refractivity contribution in [3.05, 3.63) is 64.2 Å². The van der Waals surface area contributed by atoms with Crippen LogP contribution in [0.25, 0.3) is 0 Å². The molecule has 0 amide bonds. The number of nitrogens with two attached hydrogens (primary N) is 1. The van der Waals surface area contributed by atoms with Crippen LogP contribution in [0.1, 0.15) is 37.4 Å². The molecule has 0 fully saturated rings. The summed E-state index contributed by atoms with van der Waals surface area (Å²) in [5.74, 6) is -0.541. The Labute approximate surface area is 109 Å². The maximum atomic E-state index is 12.4. The van der Waals surface area contributed by atoms with E-state index in [1.54, 1.807) is 24.3 Å². The number of anilines is 1. The summed E-state index contributed by atoms with van der Waals surface area (Å²) < 4.78 is 0. The van der Waals surface area contributed by atoms with Crippen LogP contribution in [0.5, 0.6) is 0 Å². The second kappa shape index (κ2) is 3.79. The van der Waals surface area contributed by atoms with Gasteiger partial charge in [0.1, 0.15) is 6.07 Å². The minimum Gasteiger partial charge on any atom is -0.397 e. The van der Waals surface area contributed by atoms with Gasteiger partial charge in [0.25, 0.3) is 0 Å². The average Bonchev–Trinajstić information content (AvgIpc) is 2.44. The number of hydrogen-bond donors (Lipinski definition) is 1. The summed E-state index contributed by atoms with van der Waals surface area (Å²) in [5.41, 5.74) is 7.23. The summed E-state index contributed by atoms with van der Waals surface area (Å²) in [7, 11) is 0. The molecular formula is C15H8N2O2. The molecule has 0 aromatic heterocycles. The van der Waals surface area contributed by atoms with Crippen molar-refractivity contribution in [2.75, 3.05) is 5.73 Å². The molecule has 0 radical (unpaired) electrons. The summed E-state index contributed by atoms with van der Waals surface area (Å²) >= 11 is 0. The van der Waals surface area contributed by atoms with E-state index in [0.717, 1.165) is 0 Å². The molecular weight excluding hydrogens is 240 g/mol. The van der Waals surface area contributed by atoms with Crippen LogP contribution in [0.3, 0.4) is 0 Å². The molecule has 2 aromatic carbocycles. The Bertz CT molecular complexity index is 785. The van der Waals surface area contributed by atoms with Crippen LogP contribution in [-0.4, -0.2) is 11.6 Å². The van der Waals surface area contributed by atoms with Crippen LogP contribution in [0.4, 0.5) is 5.69 Å². The van der Waals surface area contributed by atoms with E-state index in [-0.39, 0.29) is 33.9 Å². The Morgan fingerprint density at radius 1 is 0.895 bits per heavy atom. The molecule has 0 aliphatic heterocycles. The van der Waals surface area contributed by atoms with E-state index in [1.165, 1.54) is 12.1 Å². The predicted octanol–water partition coefficient (Wildman–Crippen LogP) is 1.92. The first-order chi connectivity index (χ1) is 9.15. The van der Waals surface area contributed by atoms with Gasteiger partial charge in [-0.15, -0.1) is 0 Å². The van der Waals surface area contributed by atoms with Gasteiger partial charge in [-0.05, 0) is 12.1 Å². The van der Waals surface area contributed by atoms with Gasteiger partial charge in [-0.1, -0.05) is 24.3 Å². The number of hydrogen-bond acceptors (Lipinski definition) is 4. The van der Waals surface area contributed by atoms with Gasteiger partial charge in [0.15, 0.2) is 11.6 Å². The van der Waals surface area contributed by atoms with E-state index in [9.17, 15) is 9.59 Å². The Kier molecular flexibility index (Phi) is 2.23. The third-order valence-corrected chi connectivity index (χ3v) is 3.25. The zero-order valence-electron chi connectivity index (χ0n) is 9.81. The molecule has 0 saturated carbocycles. The number of nitriles is 1. The van der Waals surface area contributed by atoms with Crippen LogP contribution in [0.2, 0.25) is 0 Å². The smallest absolute Gasteiger partial charge is 0.196 e. The highest BCUT2D eigenvalue weighted by Crippen LogP contribution is 2.32. The van der Waals surface area contributed by atoms with Crippen molar-refractivity contribution in [3.8, 4) is 6.07 Å². The quantitative estimate of drug-likeness (QED) is 0.616. The average molecular weight is 248 g/mol. The third kappa shape index (κ3) is 1.39. The number of carbonyl (C=O) groups is 2. The van der Waals surface area contributed by atoms with E-state index in [0.29, 0.717) is 11.1 Å². The van der Waals surface area contributed by atoms with Gasteiger partial charge in [-0.2, -0.15) is 5.26 Å².